The minimum atomic E-state index is -0.560. The molecule has 2 aromatic rings. The van der Waals surface area contributed by atoms with E-state index < -0.39 is 5.91 Å². The van der Waals surface area contributed by atoms with Crippen LogP contribution in [0.1, 0.15) is 30.8 Å². The van der Waals surface area contributed by atoms with Gasteiger partial charge in [-0.15, -0.1) is 0 Å². The maximum atomic E-state index is 12.2. The van der Waals surface area contributed by atoms with Crippen molar-refractivity contribution in [2.75, 3.05) is 0 Å². The molecule has 0 atom stereocenters. The van der Waals surface area contributed by atoms with E-state index >= 15 is 0 Å². The fraction of sp³-hybridized carbons (Fsp3) is 0.286. The highest BCUT2D eigenvalue weighted by Crippen LogP contribution is 2.12. The molecule has 1 aromatic carbocycles. The van der Waals surface area contributed by atoms with Crippen molar-refractivity contribution in [3.05, 3.63) is 40.3 Å². The van der Waals surface area contributed by atoms with Gasteiger partial charge in [-0.2, -0.15) is 5.10 Å². The van der Waals surface area contributed by atoms with E-state index in [1.807, 2.05) is 0 Å². The van der Waals surface area contributed by atoms with Crippen molar-refractivity contribution in [1.29, 1.82) is 0 Å². The van der Waals surface area contributed by atoms with Crippen LogP contribution in [-0.4, -0.2) is 21.6 Å². The maximum absolute atomic E-state index is 12.2. The summed E-state index contributed by atoms with van der Waals surface area (Å²) in [4.78, 5) is 35.5. The summed E-state index contributed by atoms with van der Waals surface area (Å²) in [6.07, 6.45) is 0.253. The third-order valence-electron chi connectivity index (χ3n) is 3.02. The Morgan fingerprint density at radius 3 is 2.43 bits per heavy atom. The molecule has 0 spiro atoms. The molecular formula is C14H16N4O3. The number of carbonyl (C=O) groups excluding carboxylic acids is 2. The predicted octanol–water partition coefficient (Wildman–Crippen LogP) is 0.587. The summed E-state index contributed by atoms with van der Waals surface area (Å²) >= 11 is 0. The minimum absolute atomic E-state index is 0.100. The van der Waals surface area contributed by atoms with Crippen LogP contribution in [0.25, 0.3) is 10.8 Å². The summed E-state index contributed by atoms with van der Waals surface area (Å²) in [5.74, 6) is -0.869. The first-order chi connectivity index (χ1) is 10.1. The van der Waals surface area contributed by atoms with E-state index in [1.165, 1.54) is 4.68 Å². The van der Waals surface area contributed by atoms with Crippen molar-refractivity contribution >= 4 is 22.6 Å². The zero-order chi connectivity index (χ0) is 15.4. The van der Waals surface area contributed by atoms with E-state index in [4.69, 9.17) is 0 Å². The number of carbonyl (C=O) groups is 2. The molecule has 0 bridgehead atoms. The Kier molecular flexibility index (Phi) is 4.32. The van der Waals surface area contributed by atoms with Crippen molar-refractivity contribution in [2.24, 2.45) is 0 Å². The number of aryl methyl sites for hydroxylation is 1. The second kappa shape index (κ2) is 6.17. The van der Waals surface area contributed by atoms with Gasteiger partial charge in [0.1, 0.15) is 0 Å². The number of nitrogens with one attached hydrogen (secondary N) is 2. The first-order valence-electron chi connectivity index (χ1n) is 6.67. The third-order valence-corrected chi connectivity index (χ3v) is 3.02. The first-order valence-corrected chi connectivity index (χ1v) is 6.67. The van der Waals surface area contributed by atoms with Crippen molar-refractivity contribution in [3.8, 4) is 0 Å². The lowest BCUT2D eigenvalue weighted by molar-refractivity contribution is -0.121. The fourth-order valence-electron chi connectivity index (χ4n) is 1.89. The highest BCUT2D eigenvalue weighted by molar-refractivity contribution is 6.05. The van der Waals surface area contributed by atoms with E-state index in [1.54, 1.807) is 38.1 Å². The summed E-state index contributed by atoms with van der Waals surface area (Å²) in [7, 11) is 0. The molecule has 110 valence electrons. The Balaban J connectivity index is 2.48. The summed E-state index contributed by atoms with van der Waals surface area (Å²) in [5, 5.41) is 4.94. The second-order valence-corrected chi connectivity index (χ2v) is 4.37. The number of hydrazine groups is 1. The van der Waals surface area contributed by atoms with Gasteiger partial charge in [0.15, 0.2) is 5.69 Å². The van der Waals surface area contributed by atoms with E-state index in [9.17, 15) is 14.4 Å². The molecule has 0 radical (unpaired) electrons. The molecule has 0 unspecified atom stereocenters. The summed E-state index contributed by atoms with van der Waals surface area (Å²) in [5.41, 5.74) is 4.43. The Morgan fingerprint density at radius 1 is 1.14 bits per heavy atom. The van der Waals surface area contributed by atoms with Crippen LogP contribution < -0.4 is 16.4 Å². The van der Waals surface area contributed by atoms with Crippen molar-refractivity contribution in [3.63, 3.8) is 0 Å². The molecule has 2 rings (SSSR count). The van der Waals surface area contributed by atoms with Gasteiger partial charge in [0.2, 0.25) is 5.91 Å². The number of hydrogen-bond donors (Lipinski definition) is 2. The minimum Gasteiger partial charge on any atom is -0.273 e. The van der Waals surface area contributed by atoms with E-state index in [0.717, 1.165) is 0 Å². The standard InChI is InChI=1S/C14H16N4O3/c1-3-11(19)15-16-13(20)12-9-7-5-6-8-10(9)14(21)18(4-2)17-12/h5-8H,3-4H2,1-2H3,(H,15,19)(H,16,20). The van der Waals surface area contributed by atoms with E-state index in [0.29, 0.717) is 17.3 Å². The van der Waals surface area contributed by atoms with Crippen molar-refractivity contribution in [2.45, 2.75) is 26.8 Å². The van der Waals surface area contributed by atoms with Gasteiger partial charge < -0.3 is 0 Å². The van der Waals surface area contributed by atoms with E-state index in [2.05, 4.69) is 16.0 Å². The van der Waals surface area contributed by atoms with Crippen molar-refractivity contribution < 1.29 is 9.59 Å². The number of amides is 2. The van der Waals surface area contributed by atoms with Gasteiger partial charge in [-0.1, -0.05) is 25.1 Å². The SMILES string of the molecule is CCC(=O)NNC(=O)c1nn(CC)c(=O)c2ccccc12. The number of fused-ring (bicyclic) bond motifs is 1. The monoisotopic (exact) mass is 288 g/mol. The van der Waals surface area contributed by atoms with Crippen LogP contribution in [0.5, 0.6) is 0 Å². The van der Waals surface area contributed by atoms with Crippen molar-refractivity contribution in [1.82, 2.24) is 20.6 Å². The summed E-state index contributed by atoms with van der Waals surface area (Å²) in [6, 6.07) is 6.75. The average Bonchev–Trinajstić information content (AvgIpc) is 2.52. The number of aromatic nitrogens is 2. The summed E-state index contributed by atoms with van der Waals surface area (Å²) in [6.45, 7) is 3.79. The van der Waals surface area contributed by atoms with Gasteiger partial charge in [-0.05, 0) is 13.0 Å². The lowest BCUT2D eigenvalue weighted by Crippen LogP contribution is -2.42. The lowest BCUT2D eigenvalue weighted by Gasteiger charge is -2.10. The smallest absolute Gasteiger partial charge is 0.273 e. The molecule has 1 heterocycles. The summed E-state index contributed by atoms with van der Waals surface area (Å²) < 4.78 is 1.22. The number of nitrogens with zero attached hydrogens (tertiary/aromatic N) is 2. The molecule has 0 fully saturated rings. The second-order valence-electron chi connectivity index (χ2n) is 4.37. The van der Waals surface area contributed by atoms with Crippen LogP contribution in [0.3, 0.4) is 0 Å². The number of hydrogen-bond acceptors (Lipinski definition) is 4. The first kappa shape index (κ1) is 14.7. The fourth-order valence-corrected chi connectivity index (χ4v) is 1.89. The molecule has 2 N–H and O–H groups in total. The highest BCUT2D eigenvalue weighted by atomic mass is 16.2. The third kappa shape index (κ3) is 2.91. The lowest BCUT2D eigenvalue weighted by atomic mass is 10.1. The quantitative estimate of drug-likeness (QED) is 0.808. The largest absolute Gasteiger partial charge is 0.290 e. The van der Waals surface area contributed by atoms with Crippen LogP contribution in [0.15, 0.2) is 29.1 Å². The normalized spacial score (nSPS) is 10.4. The van der Waals surface area contributed by atoms with Gasteiger partial charge in [0, 0.05) is 18.4 Å². The highest BCUT2D eigenvalue weighted by Gasteiger charge is 2.16. The van der Waals surface area contributed by atoms with Gasteiger partial charge in [0.05, 0.1) is 5.39 Å². The Labute approximate surface area is 120 Å². The molecule has 0 saturated heterocycles. The zero-order valence-corrected chi connectivity index (χ0v) is 11.8. The van der Waals surface area contributed by atoms with Crippen LogP contribution in [-0.2, 0) is 11.3 Å². The molecule has 0 aliphatic rings. The molecule has 21 heavy (non-hydrogen) atoms. The number of benzene rings is 1. The zero-order valence-electron chi connectivity index (χ0n) is 11.8. The van der Waals surface area contributed by atoms with Gasteiger partial charge in [-0.3, -0.25) is 25.2 Å². The Morgan fingerprint density at radius 2 is 1.81 bits per heavy atom. The van der Waals surface area contributed by atoms with E-state index in [-0.39, 0.29) is 23.6 Å². The molecule has 0 aliphatic carbocycles. The van der Waals surface area contributed by atoms with Gasteiger partial charge in [-0.25, -0.2) is 4.68 Å². The Bertz CT molecular complexity index is 751. The molecule has 7 nitrogen and oxygen atoms in total. The maximum Gasteiger partial charge on any atom is 0.290 e. The van der Waals surface area contributed by atoms with Crippen LogP contribution >= 0.6 is 0 Å². The predicted molar refractivity (Wildman–Crippen MR) is 77.6 cm³/mol. The average molecular weight is 288 g/mol. The molecule has 7 heteroatoms. The molecule has 1 aromatic heterocycles. The van der Waals surface area contributed by atoms with Crippen LogP contribution in [0.2, 0.25) is 0 Å². The molecule has 0 aliphatic heterocycles. The number of rotatable bonds is 3. The molecule has 2 amide bonds. The molecular weight excluding hydrogens is 272 g/mol. The molecule has 0 saturated carbocycles. The van der Waals surface area contributed by atoms with Gasteiger partial charge >= 0.3 is 0 Å². The van der Waals surface area contributed by atoms with Crippen LogP contribution in [0.4, 0.5) is 0 Å². The Hall–Kier alpha value is -2.70. The van der Waals surface area contributed by atoms with Gasteiger partial charge in [0.25, 0.3) is 11.5 Å². The topological polar surface area (TPSA) is 93.1 Å². The van der Waals surface area contributed by atoms with Crippen LogP contribution in [0, 0.1) is 0 Å².